The van der Waals surface area contributed by atoms with Crippen LogP contribution in [-0.4, -0.2) is 75.4 Å². The molecule has 0 aromatic carbocycles. The molecule has 1 saturated heterocycles. The second-order valence-corrected chi connectivity index (χ2v) is 8.08. The smallest absolute Gasteiger partial charge is 0.191 e. The maximum atomic E-state index is 5.59. The number of nitrogens with one attached hydrogen (secondary N) is 2. The van der Waals surface area contributed by atoms with Gasteiger partial charge in [0.15, 0.2) is 5.96 Å². The first kappa shape index (κ1) is 24.1. The van der Waals surface area contributed by atoms with Crippen molar-refractivity contribution in [1.82, 2.24) is 20.5 Å². The Labute approximate surface area is 192 Å². The molecule has 3 rings (SSSR count). The number of anilines is 1. The van der Waals surface area contributed by atoms with Crippen molar-refractivity contribution in [1.29, 1.82) is 0 Å². The highest BCUT2D eigenvalue weighted by molar-refractivity contribution is 14.0. The molecule has 2 fully saturated rings. The summed E-state index contributed by atoms with van der Waals surface area (Å²) in [5, 5.41) is 7.08. The monoisotopic (exact) mass is 516 g/mol. The highest BCUT2D eigenvalue weighted by atomic mass is 127. The van der Waals surface area contributed by atoms with Crippen LogP contribution in [0.1, 0.15) is 37.7 Å². The lowest BCUT2D eigenvalue weighted by Crippen LogP contribution is -2.60. The number of hydrogen-bond acceptors (Lipinski definition) is 5. The maximum Gasteiger partial charge on any atom is 0.191 e. The Morgan fingerprint density at radius 3 is 2.59 bits per heavy atom. The molecular formula is C21H37IN6O. The van der Waals surface area contributed by atoms with Crippen LogP contribution >= 0.6 is 24.0 Å². The highest BCUT2D eigenvalue weighted by Gasteiger charge is 2.38. The van der Waals surface area contributed by atoms with Gasteiger partial charge in [-0.1, -0.05) is 19.3 Å². The molecule has 2 aliphatic rings. The third-order valence-electron chi connectivity index (χ3n) is 6.00. The predicted octanol–water partition coefficient (Wildman–Crippen LogP) is 2.47. The van der Waals surface area contributed by atoms with Crippen molar-refractivity contribution in [3.63, 3.8) is 0 Å². The molecule has 2 heterocycles. The van der Waals surface area contributed by atoms with Gasteiger partial charge in [-0.3, -0.25) is 9.89 Å². The average molecular weight is 516 g/mol. The van der Waals surface area contributed by atoms with Gasteiger partial charge in [-0.15, -0.1) is 24.0 Å². The first-order valence-corrected chi connectivity index (χ1v) is 10.5. The van der Waals surface area contributed by atoms with Crippen LogP contribution in [0.25, 0.3) is 0 Å². The summed E-state index contributed by atoms with van der Waals surface area (Å²) in [4.78, 5) is 13.5. The summed E-state index contributed by atoms with van der Waals surface area (Å²) in [6, 6.07) is 4.15. The summed E-state index contributed by atoms with van der Waals surface area (Å²) < 4.78 is 5.59. The van der Waals surface area contributed by atoms with Gasteiger partial charge in [0.1, 0.15) is 5.82 Å². The molecule has 29 heavy (non-hydrogen) atoms. The van der Waals surface area contributed by atoms with E-state index >= 15 is 0 Å². The summed E-state index contributed by atoms with van der Waals surface area (Å²) in [5.74, 6) is 1.83. The number of pyridine rings is 1. The summed E-state index contributed by atoms with van der Waals surface area (Å²) in [5.41, 5.74) is 1.43. The van der Waals surface area contributed by atoms with Gasteiger partial charge in [0.05, 0.1) is 13.2 Å². The number of morpholine rings is 1. The number of hydrogen-bond donors (Lipinski definition) is 2. The largest absolute Gasteiger partial charge is 0.379 e. The van der Waals surface area contributed by atoms with E-state index in [1.165, 1.54) is 37.7 Å². The fourth-order valence-corrected chi connectivity index (χ4v) is 4.32. The molecule has 2 N–H and O–H groups in total. The van der Waals surface area contributed by atoms with Crippen molar-refractivity contribution in [3.8, 4) is 0 Å². The van der Waals surface area contributed by atoms with E-state index in [0.717, 1.165) is 51.2 Å². The van der Waals surface area contributed by atoms with Gasteiger partial charge in [-0.05, 0) is 30.5 Å². The molecule has 0 bridgehead atoms. The molecule has 0 amide bonds. The van der Waals surface area contributed by atoms with Crippen LogP contribution in [-0.2, 0) is 11.3 Å². The first-order chi connectivity index (χ1) is 13.6. The molecule has 1 aromatic rings. The predicted molar refractivity (Wildman–Crippen MR) is 130 cm³/mol. The van der Waals surface area contributed by atoms with E-state index in [9.17, 15) is 0 Å². The fourth-order valence-electron chi connectivity index (χ4n) is 4.32. The molecule has 0 unspecified atom stereocenters. The average Bonchev–Trinajstić information content (AvgIpc) is 2.75. The number of guanidine groups is 1. The van der Waals surface area contributed by atoms with Crippen LogP contribution in [0.15, 0.2) is 23.3 Å². The fraction of sp³-hybridized carbons (Fsp3) is 0.714. The normalized spacial score (nSPS) is 19.9. The number of nitrogens with zero attached hydrogens (tertiary/aromatic N) is 4. The second-order valence-electron chi connectivity index (χ2n) is 8.08. The van der Waals surface area contributed by atoms with E-state index in [0.29, 0.717) is 0 Å². The van der Waals surface area contributed by atoms with Gasteiger partial charge in [0.25, 0.3) is 0 Å². The first-order valence-electron chi connectivity index (χ1n) is 10.5. The number of rotatable bonds is 6. The van der Waals surface area contributed by atoms with E-state index in [1.54, 1.807) is 0 Å². The van der Waals surface area contributed by atoms with E-state index in [4.69, 9.17) is 4.74 Å². The van der Waals surface area contributed by atoms with Crippen molar-refractivity contribution in [2.24, 2.45) is 4.99 Å². The Morgan fingerprint density at radius 2 is 1.93 bits per heavy atom. The lowest BCUT2D eigenvalue weighted by Gasteiger charge is -2.48. The molecule has 0 radical (unpaired) electrons. The van der Waals surface area contributed by atoms with Gasteiger partial charge in [-0.2, -0.15) is 0 Å². The Morgan fingerprint density at radius 1 is 1.21 bits per heavy atom. The zero-order valence-corrected chi connectivity index (χ0v) is 20.4. The SMILES string of the molecule is CN=C(NCc1ccnc(N(C)C)c1)NCC1(N2CCOCC2)CCCCC1.I. The van der Waals surface area contributed by atoms with Crippen LogP contribution in [0.3, 0.4) is 0 Å². The van der Waals surface area contributed by atoms with Crippen LogP contribution in [0.5, 0.6) is 0 Å². The van der Waals surface area contributed by atoms with E-state index in [-0.39, 0.29) is 29.5 Å². The molecular weight excluding hydrogens is 479 g/mol. The highest BCUT2D eigenvalue weighted by Crippen LogP contribution is 2.33. The molecule has 164 valence electrons. The zero-order chi connectivity index (χ0) is 19.8. The van der Waals surface area contributed by atoms with Crippen molar-refractivity contribution < 1.29 is 4.74 Å². The van der Waals surface area contributed by atoms with Gasteiger partial charge in [-0.25, -0.2) is 4.98 Å². The minimum Gasteiger partial charge on any atom is -0.379 e. The molecule has 0 atom stereocenters. The van der Waals surface area contributed by atoms with Crippen molar-refractivity contribution in [2.75, 3.05) is 58.9 Å². The minimum atomic E-state index is 0. The Balaban J connectivity index is 0.00000300. The van der Waals surface area contributed by atoms with Crippen molar-refractivity contribution >= 4 is 35.8 Å². The molecule has 1 aromatic heterocycles. The number of halogens is 1. The Hall–Kier alpha value is -1.13. The van der Waals surface area contributed by atoms with Crippen molar-refractivity contribution in [2.45, 2.75) is 44.2 Å². The lowest BCUT2D eigenvalue weighted by atomic mass is 9.80. The lowest BCUT2D eigenvalue weighted by molar-refractivity contribution is -0.0352. The number of aromatic nitrogens is 1. The Bertz CT molecular complexity index is 642. The van der Waals surface area contributed by atoms with Crippen LogP contribution in [0, 0.1) is 0 Å². The molecule has 8 heteroatoms. The molecule has 1 aliphatic heterocycles. The molecule has 0 spiro atoms. The van der Waals surface area contributed by atoms with E-state index in [1.807, 2.05) is 38.3 Å². The van der Waals surface area contributed by atoms with Gasteiger partial charge >= 0.3 is 0 Å². The molecule has 1 saturated carbocycles. The summed E-state index contributed by atoms with van der Waals surface area (Å²) >= 11 is 0. The number of ether oxygens (including phenoxy) is 1. The van der Waals surface area contributed by atoms with E-state index < -0.39 is 0 Å². The van der Waals surface area contributed by atoms with E-state index in [2.05, 4.69) is 31.6 Å². The minimum absolute atomic E-state index is 0. The summed E-state index contributed by atoms with van der Waals surface area (Å²) in [7, 11) is 5.86. The molecule has 7 nitrogen and oxygen atoms in total. The molecule has 1 aliphatic carbocycles. The summed E-state index contributed by atoms with van der Waals surface area (Å²) in [6.45, 7) is 5.45. The number of aliphatic imine (C=N–C) groups is 1. The topological polar surface area (TPSA) is 65.0 Å². The third-order valence-corrected chi connectivity index (χ3v) is 6.00. The summed E-state index contributed by atoms with van der Waals surface area (Å²) in [6.07, 6.45) is 8.36. The standard InChI is InChI=1S/C21H36N6O.HI/c1-22-20(24-16-18-7-10-23-19(15-18)26(2)3)25-17-21(8-5-4-6-9-21)27-11-13-28-14-12-27;/h7,10,15H,4-6,8-9,11-14,16-17H2,1-3H3,(H2,22,24,25);1H. The van der Waals surface area contributed by atoms with Gasteiger partial charge in [0.2, 0.25) is 0 Å². The van der Waals surface area contributed by atoms with Gasteiger partial charge < -0.3 is 20.3 Å². The van der Waals surface area contributed by atoms with Crippen LogP contribution < -0.4 is 15.5 Å². The van der Waals surface area contributed by atoms with Gasteiger partial charge in [0, 0.05) is 59.1 Å². The third kappa shape index (κ3) is 6.68. The zero-order valence-electron chi connectivity index (χ0n) is 18.1. The quantitative estimate of drug-likeness (QED) is 0.344. The van der Waals surface area contributed by atoms with Crippen LogP contribution in [0.2, 0.25) is 0 Å². The van der Waals surface area contributed by atoms with Crippen LogP contribution in [0.4, 0.5) is 5.82 Å². The second kappa shape index (κ2) is 11.9. The van der Waals surface area contributed by atoms with Crippen molar-refractivity contribution in [3.05, 3.63) is 23.9 Å². The Kier molecular flexibility index (Phi) is 9.91. The maximum absolute atomic E-state index is 5.59.